The van der Waals surface area contributed by atoms with Crippen LogP contribution in [-0.2, 0) is 12.8 Å². The summed E-state index contributed by atoms with van der Waals surface area (Å²) in [7, 11) is 0. The summed E-state index contributed by atoms with van der Waals surface area (Å²) >= 11 is 0. The molecule has 0 heterocycles. The fourth-order valence-corrected chi connectivity index (χ4v) is 3.59. The summed E-state index contributed by atoms with van der Waals surface area (Å²) in [4.78, 5) is 0. The standard InChI is InChI=1S/C26H22O/c27-25-17-16-23(18-20-10-4-1-5-11-20)24(19-21-12-6-2-7-13-21)26(25)22-14-8-3-9-15-22/h1-17,27H,18-19H2. The van der Waals surface area contributed by atoms with Crippen LogP contribution >= 0.6 is 0 Å². The van der Waals surface area contributed by atoms with E-state index in [2.05, 4.69) is 66.7 Å². The van der Waals surface area contributed by atoms with Crippen LogP contribution in [-0.4, -0.2) is 5.11 Å². The molecule has 1 N–H and O–H groups in total. The minimum atomic E-state index is 0.337. The fraction of sp³-hybridized carbons (Fsp3) is 0.0769. The predicted molar refractivity (Wildman–Crippen MR) is 112 cm³/mol. The van der Waals surface area contributed by atoms with E-state index in [9.17, 15) is 5.11 Å². The van der Waals surface area contributed by atoms with Gasteiger partial charge >= 0.3 is 0 Å². The van der Waals surface area contributed by atoms with Crippen LogP contribution in [0.3, 0.4) is 0 Å². The molecule has 0 saturated carbocycles. The van der Waals surface area contributed by atoms with Gasteiger partial charge in [0.25, 0.3) is 0 Å². The third-order valence-corrected chi connectivity index (χ3v) is 4.91. The minimum absolute atomic E-state index is 0.337. The third kappa shape index (κ3) is 3.93. The summed E-state index contributed by atoms with van der Waals surface area (Å²) in [5.74, 6) is 0.337. The van der Waals surface area contributed by atoms with E-state index in [4.69, 9.17) is 0 Å². The molecule has 0 aromatic heterocycles. The molecule has 0 radical (unpaired) electrons. The van der Waals surface area contributed by atoms with Gasteiger partial charge in [0.2, 0.25) is 0 Å². The molecule has 0 amide bonds. The zero-order valence-electron chi connectivity index (χ0n) is 15.2. The van der Waals surface area contributed by atoms with Gasteiger partial charge in [-0.3, -0.25) is 0 Å². The van der Waals surface area contributed by atoms with Crippen molar-refractivity contribution in [2.45, 2.75) is 12.8 Å². The Kier molecular flexibility index (Phi) is 5.02. The van der Waals surface area contributed by atoms with Gasteiger partial charge in [-0.05, 0) is 46.7 Å². The summed E-state index contributed by atoms with van der Waals surface area (Å²) in [6.07, 6.45) is 1.64. The number of aromatic hydroxyl groups is 1. The lowest BCUT2D eigenvalue weighted by molar-refractivity contribution is 0.476. The molecule has 0 saturated heterocycles. The van der Waals surface area contributed by atoms with Crippen molar-refractivity contribution < 1.29 is 5.11 Å². The topological polar surface area (TPSA) is 20.2 Å². The lowest BCUT2D eigenvalue weighted by Crippen LogP contribution is -2.01. The van der Waals surface area contributed by atoms with Crippen LogP contribution < -0.4 is 0 Å². The zero-order valence-corrected chi connectivity index (χ0v) is 15.2. The van der Waals surface area contributed by atoms with Gasteiger partial charge in [-0.25, -0.2) is 0 Å². The first-order valence-corrected chi connectivity index (χ1v) is 9.28. The lowest BCUT2D eigenvalue weighted by Gasteiger charge is -2.17. The summed E-state index contributed by atoms with van der Waals surface area (Å²) in [6, 6.07) is 35.0. The van der Waals surface area contributed by atoms with E-state index in [1.165, 1.54) is 22.3 Å². The molecule has 0 aliphatic heterocycles. The smallest absolute Gasteiger partial charge is 0.123 e. The van der Waals surface area contributed by atoms with Crippen LogP contribution in [0, 0.1) is 0 Å². The summed E-state index contributed by atoms with van der Waals surface area (Å²) in [5, 5.41) is 10.7. The molecule has 0 fully saturated rings. The molecule has 0 aliphatic carbocycles. The Morgan fingerprint density at radius 2 is 1.04 bits per heavy atom. The van der Waals surface area contributed by atoms with Crippen molar-refractivity contribution in [2.75, 3.05) is 0 Å². The van der Waals surface area contributed by atoms with Gasteiger partial charge in [0.15, 0.2) is 0 Å². The molecule has 0 spiro atoms. The molecule has 0 bridgehead atoms. The molecule has 4 aromatic carbocycles. The highest BCUT2D eigenvalue weighted by molar-refractivity contribution is 5.75. The number of benzene rings is 4. The van der Waals surface area contributed by atoms with E-state index in [1.54, 1.807) is 0 Å². The number of hydrogen-bond donors (Lipinski definition) is 1. The summed E-state index contributed by atoms with van der Waals surface area (Å²) in [5.41, 5.74) is 6.95. The Morgan fingerprint density at radius 1 is 0.519 bits per heavy atom. The monoisotopic (exact) mass is 350 g/mol. The average Bonchev–Trinajstić information content (AvgIpc) is 2.72. The Hall–Kier alpha value is -3.32. The van der Waals surface area contributed by atoms with Gasteiger partial charge in [-0.15, -0.1) is 0 Å². The number of phenols is 1. The second kappa shape index (κ2) is 7.92. The second-order valence-corrected chi connectivity index (χ2v) is 6.79. The number of phenolic OH excluding ortho intramolecular Hbond substituents is 1. The van der Waals surface area contributed by atoms with Crippen LogP contribution in [0.2, 0.25) is 0 Å². The highest BCUT2D eigenvalue weighted by atomic mass is 16.3. The van der Waals surface area contributed by atoms with Crippen LogP contribution in [0.5, 0.6) is 5.75 Å². The Labute approximate surface area is 160 Å². The normalized spacial score (nSPS) is 10.7. The number of hydrogen-bond acceptors (Lipinski definition) is 1. The van der Waals surface area contributed by atoms with Gasteiger partial charge < -0.3 is 5.11 Å². The maximum absolute atomic E-state index is 10.7. The molecule has 0 atom stereocenters. The van der Waals surface area contributed by atoms with Crippen LogP contribution in [0.1, 0.15) is 22.3 Å². The third-order valence-electron chi connectivity index (χ3n) is 4.91. The van der Waals surface area contributed by atoms with Crippen molar-refractivity contribution in [1.29, 1.82) is 0 Å². The van der Waals surface area contributed by atoms with Gasteiger partial charge in [0.05, 0.1) is 0 Å². The van der Waals surface area contributed by atoms with E-state index in [-0.39, 0.29) is 0 Å². The summed E-state index contributed by atoms with van der Waals surface area (Å²) in [6.45, 7) is 0. The van der Waals surface area contributed by atoms with Crippen molar-refractivity contribution in [1.82, 2.24) is 0 Å². The molecule has 0 unspecified atom stereocenters. The molecule has 4 aromatic rings. The summed E-state index contributed by atoms with van der Waals surface area (Å²) < 4.78 is 0. The van der Waals surface area contributed by atoms with Gasteiger partial charge in [0, 0.05) is 5.56 Å². The van der Waals surface area contributed by atoms with Gasteiger partial charge in [-0.2, -0.15) is 0 Å². The van der Waals surface area contributed by atoms with E-state index < -0.39 is 0 Å². The molecule has 132 valence electrons. The maximum Gasteiger partial charge on any atom is 0.123 e. The van der Waals surface area contributed by atoms with Gasteiger partial charge in [-0.1, -0.05) is 97.1 Å². The first-order chi connectivity index (χ1) is 13.3. The van der Waals surface area contributed by atoms with Crippen molar-refractivity contribution in [3.63, 3.8) is 0 Å². The Bertz CT molecular complexity index is 1010. The second-order valence-electron chi connectivity index (χ2n) is 6.79. The predicted octanol–water partition coefficient (Wildman–Crippen LogP) is 6.24. The Morgan fingerprint density at radius 3 is 1.63 bits per heavy atom. The molecule has 1 nitrogen and oxygen atoms in total. The van der Waals surface area contributed by atoms with E-state index >= 15 is 0 Å². The molecule has 1 heteroatoms. The molecular weight excluding hydrogens is 328 g/mol. The fourth-order valence-electron chi connectivity index (χ4n) is 3.59. The molecule has 4 rings (SSSR count). The lowest BCUT2D eigenvalue weighted by atomic mass is 9.88. The largest absolute Gasteiger partial charge is 0.507 e. The van der Waals surface area contributed by atoms with Crippen LogP contribution in [0.4, 0.5) is 0 Å². The van der Waals surface area contributed by atoms with Crippen molar-refractivity contribution in [3.05, 3.63) is 125 Å². The minimum Gasteiger partial charge on any atom is -0.507 e. The average molecular weight is 350 g/mol. The van der Waals surface area contributed by atoms with Gasteiger partial charge in [0.1, 0.15) is 5.75 Å². The van der Waals surface area contributed by atoms with E-state index in [1.807, 2.05) is 36.4 Å². The first kappa shape index (κ1) is 17.1. The molecular formula is C26H22O. The SMILES string of the molecule is Oc1ccc(Cc2ccccc2)c(Cc2ccccc2)c1-c1ccccc1. The van der Waals surface area contributed by atoms with Crippen molar-refractivity contribution >= 4 is 0 Å². The van der Waals surface area contributed by atoms with Crippen molar-refractivity contribution in [2.24, 2.45) is 0 Å². The molecule has 0 aliphatic rings. The highest BCUT2D eigenvalue weighted by Gasteiger charge is 2.15. The first-order valence-electron chi connectivity index (χ1n) is 9.28. The van der Waals surface area contributed by atoms with Crippen LogP contribution in [0.15, 0.2) is 103 Å². The zero-order chi connectivity index (χ0) is 18.5. The highest BCUT2D eigenvalue weighted by Crippen LogP contribution is 2.36. The quantitative estimate of drug-likeness (QED) is 0.451. The van der Waals surface area contributed by atoms with E-state index in [0.29, 0.717) is 5.75 Å². The van der Waals surface area contributed by atoms with Crippen LogP contribution in [0.25, 0.3) is 11.1 Å². The molecule has 27 heavy (non-hydrogen) atoms. The Balaban J connectivity index is 1.85. The van der Waals surface area contributed by atoms with Crippen molar-refractivity contribution in [3.8, 4) is 16.9 Å². The van der Waals surface area contributed by atoms with E-state index in [0.717, 1.165) is 24.0 Å². The maximum atomic E-state index is 10.7. The number of rotatable bonds is 5.